The van der Waals surface area contributed by atoms with Gasteiger partial charge in [-0.15, -0.1) is 0 Å². The summed E-state index contributed by atoms with van der Waals surface area (Å²) in [5.74, 6) is 1.40. The zero-order chi connectivity index (χ0) is 11.3. The molecule has 0 radical (unpaired) electrons. The normalized spacial score (nSPS) is 13.1. The number of aromatic nitrogens is 2. The third-order valence-electron chi connectivity index (χ3n) is 2.43. The van der Waals surface area contributed by atoms with Crippen LogP contribution in [0.15, 0.2) is 6.20 Å². The summed E-state index contributed by atoms with van der Waals surface area (Å²) in [6, 6.07) is 0. The lowest BCUT2D eigenvalue weighted by molar-refractivity contribution is 0.260. The Morgan fingerprint density at radius 2 is 2.40 bits per heavy atom. The van der Waals surface area contributed by atoms with E-state index in [1.165, 1.54) is 0 Å². The Morgan fingerprint density at radius 3 is 2.93 bits per heavy atom. The van der Waals surface area contributed by atoms with Gasteiger partial charge in [-0.05, 0) is 18.9 Å². The smallest absolute Gasteiger partial charge is 0.128 e. The average Bonchev–Trinajstić information content (AvgIpc) is 2.50. The van der Waals surface area contributed by atoms with Gasteiger partial charge in [-0.1, -0.05) is 18.5 Å². The molecule has 1 aromatic rings. The van der Waals surface area contributed by atoms with E-state index in [4.69, 9.17) is 16.7 Å². The van der Waals surface area contributed by atoms with Gasteiger partial charge >= 0.3 is 0 Å². The van der Waals surface area contributed by atoms with E-state index in [0.29, 0.717) is 17.6 Å². The number of rotatable bonds is 6. The highest BCUT2D eigenvalue weighted by molar-refractivity contribution is 6.29. The van der Waals surface area contributed by atoms with E-state index in [0.717, 1.165) is 18.8 Å². The first-order valence-corrected chi connectivity index (χ1v) is 5.50. The van der Waals surface area contributed by atoms with Crippen LogP contribution in [0.4, 0.5) is 0 Å². The molecular formula is C10H18ClN3O. The molecule has 0 bridgehead atoms. The lowest BCUT2D eigenvalue weighted by atomic mass is 10.1. The fourth-order valence-electron chi connectivity index (χ4n) is 1.34. The van der Waals surface area contributed by atoms with Crippen LogP contribution < -0.4 is 5.32 Å². The maximum Gasteiger partial charge on any atom is 0.128 e. The number of nitrogens with zero attached hydrogens (tertiary/aromatic N) is 2. The Morgan fingerprint density at radius 1 is 1.67 bits per heavy atom. The van der Waals surface area contributed by atoms with Crippen molar-refractivity contribution in [2.45, 2.75) is 19.9 Å². The SMILES string of the molecule is CC(CCO)CNCc1ncc(Cl)n1C. The predicted molar refractivity (Wildman–Crippen MR) is 60.8 cm³/mol. The van der Waals surface area contributed by atoms with Crippen LogP contribution in [0.5, 0.6) is 0 Å². The van der Waals surface area contributed by atoms with Crippen LogP contribution in [-0.4, -0.2) is 27.8 Å². The number of nitrogens with one attached hydrogen (secondary N) is 1. The Labute approximate surface area is 95.3 Å². The van der Waals surface area contributed by atoms with Crippen LogP contribution in [-0.2, 0) is 13.6 Å². The molecule has 0 saturated carbocycles. The summed E-state index contributed by atoms with van der Waals surface area (Å²) >= 11 is 5.86. The van der Waals surface area contributed by atoms with E-state index >= 15 is 0 Å². The van der Waals surface area contributed by atoms with Gasteiger partial charge in [0.25, 0.3) is 0 Å². The van der Waals surface area contributed by atoms with Gasteiger partial charge in [0, 0.05) is 13.7 Å². The van der Waals surface area contributed by atoms with Crippen molar-refractivity contribution in [3.8, 4) is 0 Å². The molecule has 0 aliphatic rings. The van der Waals surface area contributed by atoms with Crippen molar-refractivity contribution in [3.05, 3.63) is 17.2 Å². The van der Waals surface area contributed by atoms with E-state index in [9.17, 15) is 0 Å². The number of hydrogen-bond donors (Lipinski definition) is 2. The molecule has 1 unspecified atom stereocenters. The van der Waals surface area contributed by atoms with Crippen LogP contribution in [0, 0.1) is 5.92 Å². The Hall–Kier alpha value is -0.580. The number of aliphatic hydroxyl groups excluding tert-OH is 1. The van der Waals surface area contributed by atoms with Crippen LogP contribution in [0.3, 0.4) is 0 Å². The van der Waals surface area contributed by atoms with E-state index in [1.54, 1.807) is 6.20 Å². The first-order chi connectivity index (χ1) is 7.15. The van der Waals surface area contributed by atoms with Gasteiger partial charge in [0.05, 0.1) is 12.7 Å². The molecule has 1 rings (SSSR count). The minimum atomic E-state index is 0.247. The first-order valence-electron chi connectivity index (χ1n) is 5.12. The number of aliphatic hydroxyl groups is 1. The van der Waals surface area contributed by atoms with Crippen molar-refractivity contribution in [3.63, 3.8) is 0 Å². The van der Waals surface area contributed by atoms with Crippen molar-refractivity contribution in [2.75, 3.05) is 13.2 Å². The van der Waals surface area contributed by atoms with Crippen LogP contribution in [0.25, 0.3) is 0 Å². The zero-order valence-electron chi connectivity index (χ0n) is 9.20. The summed E-state index contributed by atoms with van der Waals surface area (Å²) in [5.41, 5.74) is 0. The molecule has 0 saturated heterocycles. The Bertz CT molecular complexity index is 301. The molecule has 2 N–H and O–H groups in total. The van der Waals surface area contributed by atoms with Gasteiger partial charge in [-0.25, -0.2) is 4.98 Å². The standard InChI is InChI=1S/C10H18ClN3O/c1-8(3-4-15)5-12-7-10-13-6-9(11)14(10)2/h6,8,12,15H,3-5,7H2,1-2H3. The second-order valence-electron chi connectivity index (χ2n) is 3.80. The summed E-state index contributed by atoms with van der Waals surface area (Å²) < 4.78 is 1.85. The van der Waals surface area contributed by atoms with Gasteiger partial charge < -0.3 is 15.0 Å². The molecule has 15 heavy (non-hydrogen) atoms. The van der Waals surface area contributed by atoms with E-state index in [2.05, 4.69) is 17.2 Å². The van der Waals surface area contributed by atoms with Crippen molar-refractivity contribution in [1.29, 1.82) is 0 Å². The predicted octanol–water partition coefficient (Wildman–Crippen LogP) is 1.18. The highest BCUT2D eigenvalue weighted by Crippen LogP contribution is 2.08. The molecule has 0 aliphatic carbocycles. The highest BCUT2D eigenvalue weighted by Gasteiger charge is 2.05. The summed E-state index contributed by atoms with van der Waals surface area (Å²) in [7, 11) is 1.89. The summed E-state index contributed by atoms with van der Waals surface area (Å²) in [6.07, 6.45) is 2.48. The van der Waals surface area contributed by atoms with Gasteiger partial charge in [0.2, 0.25) is 0 Å². The van der Waals surface area contributed by atoms with Crippen molar-refractivity contribution in [1.82, 2.24) is 14.9 Å². The third kappa shape index (κ3) is 3.81. The first kappa shape index (κ1) is 12.5. The second-order valence-corrected chi connectivity index (χ2v) is 4.19. The van der Waals surface area contributed by atoms with Gasteiger partial charge in [-0.3, -0.25) is 0 Å². The molecule has 86 valence electrons. The zero-order valence-corrected chi connectivity index (χ0v) is 9.96. The number of hydrogen-bond acceptors (Lipinski definition) is 3. The van der Waals surface area contributed by atoms with Crippen molar-refractivity contribution >= 4 is 11.6 Å². The molecule has 0 spiro atoms. The summed E-state index contributed by atoms with van der Waals surface area (Å²) in [6.45, 7) is 3.94. The molecule has 1 aromatic heterocycles. The lowest BCUT2D eigenvalue weighted by Gasteiger charge is -2.10. The summed E-state index contributed by atoms with van der Waals surface area (Å²) in [5, 5.41) is 12.7. The van der Waals surface area contributed by atoms with Gasteiger partial charge in [0.15, 0.2) is 0 Å². The van der Waals surface area contributed by atoms with Crippen molar-refractivity contribution < 1.29 is 5.11 Å². The average molecular weight is 232 g/mol. The molecule has 4 nitrogen and oxygen atoms in total. The molecule has 0 amide bonds. The fourth-order valence-corrected chi connectivity index (χ4v) is 1.49. The highest BCUT2D eigenvalue weighted by atomic mass is 35.5. The number of halogens is 1. The Kier molecular flexibility index (Phi) is 5.08. The van der Waals surface area contributed by atoms with E-state index < -0.39 is 0 Å². The van der Waals surface area contributed by atoms with E-state index in [1.807, 2.05) is 11.6 Å². The molecule has 5 heteroatoms. The fraction of sp³-hybridized carbons (Fsp3) is 0.700. The molecule has 0 aliphatic heterocycles. The van der Waals surface area contributed by atoms with Crippen molar-refractivity contribution in [2.24, 2.45) is 13.0 Å². The molecule has 1 atom stereocenters. The molecular weight excluding hydrogens is 214 g/mol. The topological polar surface area (TPSA) is 50.1 Å². The number of imidazole rings is 1. The largest absolute Gasteiger partial charge is 0.396 e. The minimum Gasteiger partial charge on any atom is -0.396 e. The van der Waals surface area contributed by atoms with Gasteiger partial charge in [-0.2, -0.15) is 0 Å². The molecule has 1 heterocycles. The third-order valence-corrected chi connectivity index (χ3v) is 2.78. The monoisotopic (exact) mass is 231 g/mol. The Balaban J connectivity index is 2.29. The van der Waals surface area contributed by atoms with Crippen LogP contribution in [0.2, 0.25) is 5.15 Å². The van der Waals surface area contributed by atoms with Gasteiger partial charge in [0.1, 0.15) is 11.0 Å². The van der Waals surface area contributed by atoms with Crippen LogP contribution >= 0.6 is 11.6 Å². The molecule has 0 fully saturated rings. The lowest BCUT2D eigenvalue weighted by Crippen LogP contribution is -2.23. The molecule has 0 aromatic carbocycles. The maximum atomic E-state index is 8.74. The summed E-state index contributed by atoms with van der Waals surface area (Å²) in [4.78, 5) is 4.18. The van der Waals surface area contributed by atoms with E-state index in [-0.39, 0.29) is 6.61 Å². The quantitative estimate of drug-likeness (QED) is 0.773. The van der Waals surface area contributed by atoms with Crippen LogP contribution in [0.1, 0.15) is 19.2 Å². The minimum absolute atomic E-state index is 0.247. The second kappa shape index (κ2) is 6.10. The maximum absolute atomic E-state index is 8.74.